The highest BCUT2D eigenvalue weighted by Gasteiger charge is 2.37. The van der Waals surface area contributed by atoms with E-state index in [4.69, 9.17) is 0 Å². The summed E-state index contributed by atoms with van der Waals surface area (Å²) in [5.74, 6) is -0.553. The van der Waals surface area contributed by atoms with Crippen LogP contribution in [0.5, 0.6) is 0 Å². The second-order valence-corrected chi connectivity index (χ2v) is 7.94. The SMILES string of the molecule is COC(=O)c1cccc(S(=O)(=O)NCC2(N(C)C)CCCC2)c1. The van der Waals surface area contributed by atoms with Gasteiger partial charge in [0.15, 0.2) is 0 Å². The molecule has 0 atom stereocenters. The van der Waals surface area contributed by atoms with Gasteiger partial charge in [-0.25, -0.2) is 17.9 Å². The van der Waals surface area contributed by atoms with Crippen molar-refractivity contribution in [1.29, 1.82) is 0 Å². The molecule has 0 amide bonds. The summed E-state index contributed by atoms with van der Waals surface area (Å²) in [6.45, 7) is 0.366. The molecule has 0 unspecified atom stereocenters. The van der Waals surface area contributed by atoms with Gasteiger partial charge in [0.1, 0.15) is 0 Å². The molecule has 1 aromatic carbocycles. The maximum atomic E-state index is 12.5. The van der Waals surface area contributed by atoms with E-state index in [1.54, 1.807) is 0 Å². The van der Waals surface area contributed by atoms with Crippen molar-refractivity contribution >= 4 is 16.0 Å². The molecule has 1 aliphatic rings. The van der Waals surface area contributed by atoms with E-state index in [-0.39, 0.29) is 16.0 Å². The van der Waals surface area contributed by atoms with Crippen LogP contribution in [0.15, 0.2) is 29.2 Å². The van der Waals surface area contributed by atoms with Gasteiger partial charge in [-0.05, 0) is 45.1 Å². The van der Waals surface area contributed by atoms with Crippen LogP contribution in [-0.4, -0.2) is 52.6 Å². The van der Waals surface area contributed by atoms with Gasteiger partial charge in [-0.3, -0.25) is 0 Å². The van der Waals surface area contributed by atoms with E-state index in [1.807, 2.05) is 14.1 Å². The Morgan fingerprint density at radius 3 is 2.52 bits per heavy atom. The normalized spacial score (nSPS) is 17.4. The van der Waals surface area contributed by atoms with Gasteiger partial charge in [0.25, 0.3) is 0 Å². The Balaban J connectivity index is 2.17. The van der Waals surface area contributed by atoms with Crippen molar-refractivity contribution in [3.8, 4) is 0 Å². The van der Waals surface area contributed by atoms with Crippen molar-refractivity contribution in [2.24, 2.45) is 0 Å². The lowest BCUT2D eigenvalue weighted by molar-refractivity contribution is 0.0600. The maximum absolute atomic E-state index is 12.5. The van der Waals surface area contributed by atoms with Gasteiger partial charge < -0.3 is 9.64 Å². The number of methoxy groups -OCH3 is 1. The quantitative estimate of drug-likeness (QED) is 0.797. The highest BCUT2D eigenvalue weighted by molar-refractivity contribution is 7.89. The molecule has 0 saturated heterocycles. The summed E-state index contributed by atoms with van der Waals surface area (Å²) in [5.41, 5.74) is 0.0890. The van der Waals surface area contributed by atoms with Crippen LogP contribution in [-0.2, 0) is 14.8 Å². The van der Waals surface area contributed by atoms with E-state index >= 15 is 0 Å². The Morgan fingerprint density at radius 1 is 1.30 bits per heavy atom. The third-order valence-corrected chi connectivity index (χ3v) is 6.04. The van der Waals surface area contributed by atoms with Crippen LogP contribution in [0.4, 0.5) is 0 Å². The van der Waals surface area contributed by atoms with Crippen molar-refractivity contribution < 1.29 is 17.9 Å². The van der Waals surface area contributed by atoms with Gasteiger partial charge in [0, 0.05) is 12.1 Å². The Morgan fingerprint density at radius 2 is 1.96 bits per heavy atom. The molecule has 6 nitrogen and oxygen atoms in total. The lowest BCUT2D eigenvalue weighted by atomic mass is 9.97. The molecule has 1 aliphatic carbocycles. The first-order valence-corrected chi connectivity index (χ1v) is 9.14. The summed E-state index contributed by atoms with van der Waals surface area (Å²) >= 11 is 0. The predicted molar refractivity (Wildman–Crippen MR) is 87.9 cm³/mol. The second-order valence-electron chi connectivity index (χ2n) is 6.17. The first-order chi connectivity index (χ1) is 10.8. The molecule has 0 heterocycles. The number of benzene rings is 1. The summed E-state index contributed by atoms with van der Waals surface area (Å²) in [6.07, 6.45) is 4.17. The minimum atomic E-state index is -3.67. The van der Waals surface area contributed by atoms with Crippen molar-refractivity contribution in [1.82, 2.24) is 9.62 Å². The molecular weight excluding hydrogens is 316 g/mol. The zero-order chi connectivity index (χ0) is 17.1. The zero-order valence-corrected chi connectivity index (χ0v) is 14.6. The second kappa shape index (κ2) is 6.98. The molecule has 0 aromatic heterocycles. The molecule has 0 bridgehead atoms. The number of nitrogens with one attached hydrogen (secondary N) is 1. The standard InChI is InChI=1S/C16H24N2O4S/c1-18(2)16(9-4-5-10-16)12-17-23(20,21)14-8-6-7-13(11-14)15(19)22-3/h6-8,11,17H,4-5,9-10,12H2,1-3H3. The van der Waals surface area contributed by atoms with Crippen LogP contribution in [0, 0.1) is 0 Å². The Bertz CT molecular complexity index is 664. The average Bonchev–Trinajstić information content (AvgIpc) is 3.03. The van der Waals surface area contributed by atoms with Crippen LogP contribution in [0.1, 0.15) is 36.0 Å². The number of carbonyl (C=O) groups excluding carboxylic acids is 1. The summed E-state index contributed by atoms with van der Waals surface area (Å²) in [6, 6.07) is 5.89. The minimum Gasteiger partial charge on any atom is -0.465 e. The van der Waals surface area contributed by atoms with Gasteiger partial charge >= 0.3 is 5.97 Å². The highest BCUT2D eigenvalue weighted by Crippen LogP contribution is 2.33. The van der Waals surface area contributed by atoms with Crippen molar-refractivity contribution in [2.75, 3.05) is 27.7 Å². The van der Waals surface area contributed by atoms with Gasteiger partial charge in [-0.1, -0.05) is 18.9 Å². The van der Waals surface area contributed by atoms with E-state index in [0.29, 0.717) is 6.54 Å². The van der Waals surface area contributed by atoms with Crippen molar-refractivity contribution in [3.05, 3.63) is 29.8 Å². The largest absolute Gasteiger partial charge is 0.465 e. The van der Waals surface area contributed by atoms with E-state index in [2.05, 4.69) is 14.4 Å². The highest BCUT2D eigenvalue weighted by atomic mass is 32.2. The van der Waals surface area contributed by atoms with E-state index in [1.165, 1.54) is 31.4 Å². The average molecular weight is 340 g/mol. The summed E-state index contributed by atoms with van der Waals surface area (Å²) in [7, 11) is 1.57. The fourth-order valence-corrected chi connectivity index (χ4v) is 4.20. The van der Waals surface area contributed by atoms with Crippen LogP contribution in [0.2, 0.25) is 0 Å². The van der Waals surface area contributed by atoms with Crippen molar-refractivity contribution in [2.45, 2.75) is 36.1 Å². The maximum Gasteiger partial charge on any atom is 0.337 e. The number of hydrogen-bond acceptors (Lipinski definition) is 5. The van der Waals surface area contributed by atoms with E-state index in [0.717, 1.165) is 25.7 Å². The lowest BCUT2D eigenvalue weighted by Gasteiger charge is -2.36. The first kappa shape index (κ1) is 17.9. The molecule has 1 saturated carbocycles. The number of carbonyl (C=O) groups is 1. The third-order valence-electron chi connectivity index (χ3n) is 4.64. The number of ether oxygens (including phenoxy) is 1. The van der Waals surface area contributed by atoms with Crippen LogP contribution >= 0.6 is 0 Å². The molecule has 23 heavy (non-hydrogen) atoms. The van der Waals surface area contributed by atoms with Gasteiger partial charge in [-0.15, -0.1) is 0 Å². The third kappa shape index (κ3) is 3.91. The van der Waals surface area contributed by atoms with Crippen molar-refractivity contribution in [3.63, 3.8) is 0 Å². The molecule has 1 N–H and O–H groups in total. The molecule has 1 aromatic rings. The number of esters is 1. The van der Waals surface area contributed by atoms with Gasteiger partial charge in [-0.2, -0.15) is 0 Å². The van der Waals surface area contributed by atoms with Gasteiger partial charge in [0.05, 0.1) is 17.6 Å². The molecule has 0 radical (unpaired) electrons. The molecule has 0 aliphatic heterocycles. The number of hydrogen-bond donors (Lipinski definition) is 1. The monoisotopic (exact) mass is 340 g/mol. The van der Waals surface area contributed by atoms with Gasteiger partial charge in [0.2, 0.25) is 10.0 Å². The topological polar surface area (TPSA) is 75.7 Å². The van der Waals surface area contributed by atoms with E-state index < -0.39 is 16.0 Å². The number of likely N-dealkylation sites (N-methyl/N-ethyl adjacent to an activating group) is 1. The first-order valence-electron chi connectivity index (χ1n) is 7.66. The zero-order valence-electron chi connectivity index (χ0n) is 13.8. The molecule has 1 fully saturated rings. The minimum absolute atomic E-state index is 0.0762. The molecule has 2 rings (SSSR count). The Hall–Kier alpha value is -1.44. The van der Waals surface area contributed by atoms with Crippen LogP contribution < -0.4 is 4.72 Å². The van der Waals surface area contributed by atoms with Crippen LogP contribution in [0.3, 0.4) is 0 Å². The number of nitrogens with zero attached hydrogens (tertiary/aromatic N) is 1. The fraction of sp³-hybridized carbons (Fsp3) is 0.562. The summed E-state index contributed by atoms with van der Waals surface area (Å²) < 4.78 is 32.4. The fourth-order valence-electron chi connectivity index (χ4n) is 3.04. The number of rotatable bonds is 6. The van der Waals surface area contributed by atoms with Crippen LogP contribution in [0.25, 0.3) is 0 Å². The molecule has 7 heteroatoms. The number of sulfonamides is 1. The molecule has 0 spiro atoms. The lowest BCUT2D eigenvalue weighted by Crippen LogP contribution is -2.50. The Labute approximate surface area is 137 Å². The summed E-state index contributed by atoms with van der Waals surface area (Å²) in [4.78, 5) is 13.7. The molecular formula is C16H24N2O4S. The smallest absolute Gasteiger partial charge is 0.337 e. The Kier molecular flexibility index (Phi) is 5.44. The summed E-state index contributed by atoms with van der Waals surface area (Å²) in [5, 5.41) is 0. The van der Waals surface area contributed by atoms with E-state index in [9.17, 15) is 13.2 Å². The molecule has 128 valence electrons. The predicted octanol–water partition coefficient (Wildman–Crippen LogP) is 1.63.